The van der Waals surface area contributed by atoms with Crippen molar-refractivity contribution in [1.29, 1.82) is 0 Å². The van der Waals surface area contributed by atoms with Crippen molar-refractivity contribution in [2.75, 3.05) is 0 Å². The first-order chi connectivity index (χ1) is 15.8. The molecule has 1 spiro atoms. The molecule has 210 valence electrons. The predicted molar refractivity (Wildman–Crippen MR) is 184 cm³/mol. The van der Waals surface area contributed by atoms with Gasteiger partial charge >= 0.3 is 246 Å². The molecule has 2 saturated heterocycles. The van der Waals surface area contributed by atoms with Crippen molar-refractivity contribution < 1.29 is 0 Å². The molecule has 0 radical (unpaired) electrons. The monoisotopic (exact) mass is 896 g/mol. The minimum atomic E-state index is -1.61. The molecular weight excluding hydrogens is 835 g/mol. The van der Waals surface area contributed by atoms with Gasteiger partial charge in [0, 0.05) is 0 Å². The molecule has 35 heavy (non-hydrogen) atoms. The van der Waals surface area contributed by atoms with E-state index in [9.17, 15) is 0 Å². The van der Waals surface area contributed by atoms with E-state index < -0.39 is 30.0 Å². The molecule has 2 aliphatic rings. The Morgan fingerprint density at radius 3 is 0.600 bits per heavy atom. The molecule has 0 aromatic carbocycles. The van der Waals surface area contributed by atoms with Gasteiger partial charge in [-0.2, -0.15) is 0 Å². The van der Waals surface area contributed by atoms with Crippen molar-refractivity contribution in [3.63, 3.8) is 0 Å². The molecule has 0 bridgehead atoms. The zero-order valence-electron chi connectivity index (χ0n) is 25.3. The van der Waals surface area contributed by atoms with E-state index in [1.807, 2.05) is 0 Å². The fraction of sp³-hybridized carbons (Fsp3) is 1.00. The third-order valence-electron chi connectivity index (χ3n) is 7.32. The van der Waals surface area contributed by atoms with E-state index in [2.05, 4.69) is 111 Å². The van der Waals surface area contributed by atoms with Crippen molar-refractivity contribution in [1.82, 2.24) is 0 Å². The summed E-state index contributed by atoms with van der Waals surface area (Å²) in [6.45, 7) is 41.6. The molecule has 2 aliphatic heterocycles. The molecule has 0 amide bonds. The Balaban J connectivity index is 2.94. The molecule has 0 aliphatic carbocycles. The first kappa shape index (κ1) is 35.4. The van der Waals surface area contributed by atoms with Crippen LogP contribution in [-0.2, 0) is 0 Å². The van der Waals surface area contributed by atoms with Gasteiger partial charge < -0.3 is 0 Å². The van der Waals surface area contributed by atoms with Crippen LogP contribution in [0, 0.1) is 0 Å². The van der Waals surface area contributed by atoms with Gasteiger partial charge in [0.1, 0.15) is 0 Å². The second-order valence-corrected chi connectivity index (χ2v) is 123. The third-order valence-corrected chi connectivity index (χ3v) is 242. The van der Waals surface area contributed by atoms with Crippen LogP contribution in [0.3, 0.4) is 0 Å². The molecule has 2 nitrogen and oxygen atoms in total. The number of rotatable bonds is 8. The summed E-state index contributed by atoms with van der Waals surface area (Å²) < 4.78 is 0. The first-order valence-electron chi connectivity index (χ1n) is 13.5. The van der Waals surface area contributed by atoms with Crippen LogP contribution in [0.5, 0.6) is 0 Å². The van der Waals surface area contributed by atoms with E-state index in [0.29, 0.717) is 0 Å². The normalized spacial score (nSPS) is 26.3. The van der Waals surface area contributed by atoms with Crippen LogP contribution in [-0.4, -0.2) is 102 Å². The van der Waals surface area contributed by atoms with E-state index in [4.69, 9.17) is 9.72 Å². The van der Waals surface area contributed by atoms with Gasteiger partial charge in [-0.05, 0) is 0 Å². The van der Waals surface area contributed by atoms with Gasteiger partial charge in [0.25, 0.3) is 0 Å². The first-order valence-corrected chi connectivity index (χ1v) is 47.2. The van der Waals surface area contributed by atoms with Crippen molar-refractivity contribution in [2.24, 2.45) is 0 Å². The van der Waals surface area contributed by atoms with Crippen LogP contribution in [0.15, 0.2) is 0 Å². The Hall–Kier alpha value is 4.24. The quantitative estimate of drug-likeness (QED) is 0.172. The summed E-state index contributed by atoms with van der Waals surface area (Å²) in [5.41, 5.74) is 4.77. The number of hydrogen-bond acceptors (Lipinski definition) is 0. The van der Waals surface area contributed by atoms with E-state index in [1.54, 1.807) is 0 Å². The van der Waals surface area contributed by atoms with Gasteiger partial charge in [-0.3, -0.25) is 0 Å². The van der Waals surface area contributed by atoms with E-state index in [1.165, 1.54) is 0 Å². The maximum absolute atomic E-state index is 6.40. The zero-order valence-corrected chi connectivity index (χ0v) is 37.5. The zero-order chi connectivity index (χ0) is 27.4. The Morgan fingerprint density at radius 2 is 0.486 bits per heavy atom. The number of hydrogen-bond donors (Lipinski definition) is 0. The van der Waals surface area contributed by atoms with Crippen molar-refractivity contribution in [3.8, 4) is 0 Å². The fourth-order valence-corrected chi connectivity index (χ4v) is 451. The summed E-state index contributed by atoms with van der Waals surface area (Å²) in [7, 11) is 0. The van der Waals surface area contributed by atoms with Crippen LogP contribution in [0.2, 0.25) is 0 Å². The molecule has 0 unspecified atom stereocenters. The molecule has 11 heteroatoms. The van der Waals surface area contributed by atoms with Crippen molar-refractivity contribution in [2.45, 2.75) is 156 Å². The van der Waals surface area contributed by atoms with Gasteiger partial charge in [-0.15, -0.1) is 0 Å². The van der Waals surface area contributed by atoms with Crippen molar-refractivity contribution >= 4 is 80.7 Å². The maximum atomic E-state index is 6.40. The van der Waals surface area contributed by atoms with Crippen LogP contribution >= 0.6 is 24.4 Å². The summed E-state index contributed by atoms with van der Waals surface area (Å²) >= 11 is 3.44. The van der Waals surface area contributed by atoms with Gasteiger partial charge in [0.15, 0.2) is 0 Å². The summed E-state index contributed by atoms with van der Waals surface area (Å²) in [4.78, 5) is 12.8. The van der Waals surface area contributed by atoms with Gasteiger partial charge in [-0.1, -0.05) is 0 Å². The van der Waals surface area contributed by atoms with E-state index >= 15 is 0 Å². The van der Waals surface area contributed by atoms with Gasteiger partial charge in [0.05, 0.1) is 0 Å². The SMILES string of the molecule is CC(C)[P+]1(C(C)C)[N-][P+](C(C)C)(C(C)C)[Se][Se]2([Se]1)[Se][P+](C(C)C)(C(C)C)[N-][P+](C(C)C)(C(C)C)[Se]2. The second kappa shape index (κ2) is 12.8. The Kier molecular flexibility index (Phi) is 13.0. The minimum absolute atomic E-state index is 0.798. The Labute approximate surface area is 244 Å². The molecular formula is C24H56N2P4Se5+2. The van der Waals surface area contributed by atoms with Crippen LogP contribution in [0.1, 0.15) is 111 Å². The van der Waals surface area contributed by atoms with Crippen molar-refractivity contribution in [3.05, 3.63) is 9.72 Å². The topological polar surface area (TPSA) is 28.2 Å². The summed E-state index contributed by atoms with van der Waals surface area (Å²) in [6, 6.07) is 0. The molecule has 0 aromatic heterocycles. The van der Waals surface area contributed by atoms with E-state index in [-0.39, 0.29) is 0 Å². The van der Waals surface area contributed by atoms with Gasteiger partial charge in [0.2, 0.25) is 0 Å². The second-order valence-electron chi connectivity index (χ2n) is 12.3. The molecule has 0 N–H and O–H groups in total. The third kappa shape index (κ3) is 6.45. The molecule has 2 heterocycles. The molecule has 0 aromatic rings. The van der Waals surface area contributed by atoms with Crippen LogP contribution in [0.4, 0.5) is 0 Å². The summed E-state index contributed by atoms with van der Waals surface area (Å²) in [5, 5.41) is 0. The standard InChI is InChI=1S/C24H56N2P4Se5/c1-17(2)27(18(3)4)25-28(19(5)6,20(7)8)32-35(31-27)33-29(21(9)10,22(11)12)26-30(34-35,23(13)14)24(15)16/h17-24H,1-16H3/q+2. The summed E-state index contributed by atoms with van der Waals surface area (Å²) in [6.07, 6.45) is -5.14. The molecule has 0 saturated carbocycles. The molecule has 2 fully saturated rings. The van der Waals surface area contributed by atoms with Crippen LogP contribution < -0.4 is 0 Å². The predicted octanol–water partition coefficient (Wildman–Crippen LogP) is 9.67. The number of nitrogens with zero attached hydrogens (tertiary/aromatic N) is 2. The Bertz CT molecular complexity index is 579. The average Bonchev–Trinajstić information content (AvgIpc) is 2.71. The van der Waals surface area contributed by atoms with Gasteiger partial charge in [-0.25, -0.2) is 0 Å². The Morgan fingerprint density at radius 1 is 0.343 bits per heavy atom. The summed E-state index contributed by atoms with van der Waals surface area (Å²) in [5.74, 6) is 0. The average molecular weight is 891 g/mol. The molecule has 0 atom stereocenters. The fourth-order valence-electron chi connectivity index (χ4n) is 5.06. The van der Waals surface area contributed by atoms with Crippen LogP contribution in [0.25, 0.3) is 9.72 Å². The van der Waals surface area contributed by atoms with E-state index in [0.717, 1.165) is 96.0 Å². The molecule has 2 rings (SSSR count).